The van der Waals surface area contributed by atoms with Crippen molar-refractivity contribution in [1.29, 1.82) is 0 Å². The molecule has 76 valence electrons. The zero-order valence-electron chi connectivity index (χ0n) is 8.12. The van der Waals surface area contributed by atoms with Gasteiger partial charge in [-0.15, -0.1) is 0 Å². The third-order valence-electron chi connectivity index (χ3n) is 3.23. The highest BCUT2D eigenvalue weighted by Gasteiger charge is 2.41. The molecule has 1 heterocycles. The van der Waals surface area contributed by atoms with Crippen molar-refractivity contribution in [2.24, 2.45) is 0 Å². The summed E-state index contributed by atoms with van der Waals surface area (Å²) in [5, 5.41) is 9.34. The Bertz CT molecular complexity index is 310. The molecule has 1 aromatic rings. The Morgan fingerprint density at radius 3 is 2.57 bits per heavy atom. The molecule has 1 saturated carbocycles. The van der Waals surface area contributed by atoms with Crippen LogP contribution in [0.3, 0.4) is 0 Å². The number of carboxylic acids is 1. The molecule has 1 aliphatic rings. The zero-order chi connectivity index (χ0) is 10.0. The van der Waals surface area contributed by atoms with Crippen molar-refractivity contribution in [2.45, 2.75) is 37.5 Å². The monoisotopic (exact) mass is 193 g/mol. The van der Waals surface area contributed by atoms with E-state index in [1.54, 1.807) is 6.20 Å². The average molecular weight is 193 g/mol. The Morgan fingerprint density at radius 1 is 1.36 bits per heavy atom. The molecule has 14 heavy (non-hydrogen) atoms. The van der Waals surface area contributed by atoms with Crippen molar-refractivity contribution in [3.8, 4) is 0 Å². The van der Waals surface area contributed by atoms with Crippen LogP contribution in [0.15, 0.2) is 18.3 Å². The molecule has 0 bridgehead atoms. The molecule has 0 spiro atoms. The number of nitrogens with one attached hydrogen (secondary N) is 1. The number of carboxylic acid groups (broad SMARTS) is 1. The van der Waals surface area contributed by atoms with Crippen LogP contribution in [0.4, 0.5) is 0 Å². The fourth-order valence-corrected chi connectivity index (χ4v) is 2.38. The first-order chi connectivity index (χ1) is 6.76. The van der Waals surface area contributed by atoms with E-state index in [1.807, 2.05) is 12.1 Å². The second kappa shape index (κ2) is 3.48. The lowest BCUT2D eigenvalue weighted by molar-refractivity contribution is -0.145. The molecule has 3 nitrogen and oxygen atoms in total. The molecule has 0 amide bonds. The van der Waals surface area contributed by atoms with Gasteiger partial charge in [-0.05, 0) is 25.0 Å². The van der Waals surface area contributed by atoms with Gasteiger partial charge in [-0.1, -0.05) is 19.3 Å². The molecular weight excluding hydrogens is 178 g/mol. The van der Waals surface area contributed by atoms with Crippen LogP contribution in [0.1, 0.15) is 37.8 Å². The van der Waals surface area contributed by atoms with Crippen molar-refractivity contribution < 1.29 is 9.90 Å². The summed E-state index contributed by atoms with van der Waals surface area (Å²) in [5.74, 6) is -0.681. The van der Waals surface area contributed by atoms with Crippen LogP contribution in [0.25, 0.3) is 0 Å². The smallest absolute Gasteiger partial charge is 0.315 e. The Labute approximate surface area is 83.1 Å². The third kappa shape index (κ3) is 1.33. The van der Waals surface area contributed by atoms with Gasteiger partial charge >= 0.3 is 5.97 Å². The van der Waals surface area contributed by atoms with Crippen LogP contribution in [-0.4, -0.2) is 16.1 Å². The lowest BCUT2D eigenvalue weighted by atomic mass is 9.72. The van der Waals surface area contributed by atoms with E-state index in [0.717, 1.165) is 37.8 Å². The maximum Gasteiger partial charge on any atom is 0.315 e. The van der Waals surface area contributed by atoms with Gasteiger partial charge in [0, 0.05) is 11.9 Å². The lowest BCUT2D eigenvalue weighted by Crippen LogP contribution is -2.38. The second-order valence-corrected chi connectivity index (χ2v) is 4.03. The highest BCUT2D eigenvalue weighted by atomic mass is 16.4. The molecular formula is C11H15NO2. The summed E-state index contributed by atoms with van der Waals surface area (Å²) in [6, 6.07) is 3.76. The normalized spacial score (nSPS) is 20.6. The van der Waals surface area contributed by atoms with Crippen molar-refractivity contribution in [1.82, 2.24) is 4.98 Å². The Kier molecular flexibility index (Phi) is 2.32. The van der Waals surface area contributed by atoms with Gasteiger partial charge in [-0.25, -0.2) is 0 Å². The zero-order valence-corrected chi connectivity index (χ0v) is 8.12. The van der Waals surface area contributed by atoms with Gasteiger partial charge in [0.1, 0.15) is 5.41 Å². The molecule has 0 aliphatic heterocycles. The number of H-pyrrole nitrogens is 1. The van der Waals surface area contributed by atoms with Crippen LogP contribution < -0.4 is 0 Å². The van der Waals surface area contributed by atoms with Gasteiger partial charge in [0.2, 0.25) is 0 Å². The standard InChI is InChI=1S/C11H15NO2/c13-10(14)11(6-2-1-3-7-11)9-5-4-8-12-9/h4-5,8,12H,1-3,6-7H2,(H,13,14). The SMILES string of the molecule is O=C(O)C1(c2ccc[nH]2)CCCCC1. The van der Waals surface area contributed by atoms with Crippen LogP contribution in [0.5, 0.6) is 0 Å². The van der Waals surface area contributed by atoms with E-state index in [0.29, 0.717) is 0 Å². The van der Waals surface area contributed by atoms with Gasteiger partial charge in [0.25, 0.3) is 0 Å². The average Bonchev–Trinajstić information content (AvgIpc) is 2.72. The molecule has 1 aromatic heterocycles. The summed E-state index contributed by atoms with van der Waals surface area (Å²) < 4.78 is 0. The van der Waals surface area contributed by atoms with Gasteiger partial charge < -0.3 is 10.1 Å². The summed E-state index contributed by atoms with van der Waals surface area (Å²) in [6.07, 6.45) is 6.53. The number of carbonyl (C=O) groups is 1. The fourth-order valence-electron chi connectivity index (χ4n) is 2.38. The summed E-state index contributed by atoms with van der Waals surface area (Å²) in [5.41, 5.74) is 0.228. The lowest BCUT2D eigenvalue weighted by Gasteiger charge is -2.32. The molecule has 0 unspecified atom stereocenters. The molecule has 0 radical (unpaired) electrons. The molecule has 3 heteroatoms. The topological polar surface area (TPSA) is 53.1 Å². The van der Waals surface area contributed by atoms with Crippen molar-refractivity contribution >= 4 is 5.97 Å². The van der Waals surface area contributed by atoms with Gasteiger partial charge in [-0.3, -0.25) is 4.79 Å². The van der Waals surface area contributed by atoms with Crippen LogP contribution in [-0.2, 0) is 10.2 Å². The van der Waals surface area contributed by atoms with E-state index >= 15 is 0 Å². The van der Waals surface area contributed by atoms with E-state index < -0.39 is 11.4 Å². The minimum atomic E-state index is -0.681. The first-order valence-corrected chi connectivity index (χ1v) is 5.13. The van der Waals surface area contributed by atoms with Crippen molar-refractivity contribution in [3.63, 3.8) is 0 Å². The van der Waals surface area contributed by atoms with Gasteiger partial charge in [0.05, 0.1) is 0 Å². The second-order valence-electron chi connectivity index (χ2n) is 4.03. The number of hydrogen-bond donors (Lipinski definition) is 2. The van der Waals surface area contributed by atoms with Gasteiger partial charge in [-0.2, -0.15) is 0 Å². The van der Waals surface area contributed by atoms with Crippen LogP contribution in [0.2, 0.25) is 0 Å². The summed E-state index contributed by atoms with van der Waals surface area (Å²) in [6.45, 7) is 0. The third-order valence-corrected chi connectivity index (χ3v) is 3.23. The quantitative estimate of drug-likeness (QED) is 0.757. The van der Waals surface area contributed by atoms with Crippen molar-refractivity contribution in [3.05, 3.63) is 24.0 Å². The maximum atomic E-state index is 11.4. The minimum absolute atomic E-state index is 0.637. The number of aromatic nitrogens is 1. The van der Waals surface area contributed by atoms with E-state index in [9.17, 15) is 9.90 Å². The number of rotatable bonds is 2. The predicted molar refractivity (Wildman–Crippen MR) is 53.2 cm³/mol. The maximum absolute atomic E-state index is 11.4. The van der Waals surface area contributed by atoms with Gasteiger partial charge in [0.15, 0.2) is 0 Å². The fraction of sp³-hybridized carbons (Fsp3) is 0.545. The van der Waals surface area contributed by atoms with Crippen LogP contribution in [0, 0.1) is 0 Å². The summed E-state index contributed by atoms with van der Waals surface area (Å²) in [4.78, 5) is 14.4. The van der Waals surface area contributed by atoms with E-state index in [1.165, 1.54) is 0 Å². The van der Waals surface area contributed by atoms with E-state index in [4.69, 9.17) is 0 Å². The molecule has 0 atom stereocenters. The van der Waals surface area contributed by atoms with Crippen LogP contribution >= 0.6 is 0 Å². The predicted octanol–water partition coefficient (Wildman–Crippen LogP) is 2.30. The summed E-state index contributed by atoms with van der Waals surface area (Å²) >= 11 is 0. The summed E-state index contributed by atoms with van der Waals surface area (Å²) in [7, 11) is 0. The van der Waals surface area contributed by atoms with Crippen molar-refractivity contribution in [2.75, 3.05) is 0 Å². The van der Waals surface area contributed by atoms with E-state index in [-0.39, 0.29) is 0 Å². The minimum Gasteiger partial charge on any atom is -0.481 e. The number of aromatic amines is 1. The van der Waals surface area contributed by atoms with E-state index in [2.05, 4.69) is 4.98 Å². The first-order valence-electron chi connectivity index (χ1n) is 5.13. The molecule has 1 aliphatic carbocycles. The highest BCUT2D eigenvalue weighted by Crippen LogP contribution is 2.38. The number of hydrogen-bond acceptors (Lipinski definition) is 1. The first kappa shape index (κ1) is 9.31. The molecule has 2 N–H and O–H groups in total. The molecule has 1 fully saturated rings. The molecule has 0 aromatic carbocycles. The molecule has 0 saturated heterocycles. The Hall–Kier alpha value is -1.25. The molecule has 2 rings (SSSR count). The highest BCUT2D eigenvalue weighted by molar-refractivity contribution is 5.80. The largest absolute Gasteiger partial charge is 0.481 e. The number of aliphatic carboxylic acids is 1. The Balaban J connectivity index is 2.35. The Morgan fingerprint density at radius 2 is 2.07 bits per heavy atom.